The normalized spacial score (nSPS) is 11.6. The van der Waals surface area contributed by atoms with E-state index in [1.165, 1.54) is 0 Å². The van der Waals surface area contributed by atoms with Gasteiger partial charge in [0.05, 0.1) is 0 Å². The lowest BCUT2D eigenvalue weighted by molar-refractivity contribution is -0.143. The van der Waals surface area contributed by atoms with Gasteiger partial charge in [-0.05, 0) is 36.6 Å². The number of hydrogen-bond acceptors (Lipinski definition) is 3. The summed E-state index contributed by atoms with van der Waals surface area (Å²) in [5.41, 5.74) is 0.961. The molecule has 156 valence electrons. The lowest BCUT2D eigenvalue weighted by Gasteiger charge is -2.30. The predicted octanol–water partition coefficient (Wildman–Crippen LogP) is 4.44. The van der Waals surface area contributed by atoms with Crippen LogP contribution in [0, 0.1) is 0 Å². The summed E-state index contributed by atoms with van der Waals surface area (Å²) in [6.07, 6.45) is 2.43. The molecule has 29 heavy (non-hydrogen) atoms. The Hall–Kier alpha value is -2.53. The number of carbonyl (C=O) groups is 2. The van der Waals surface area contributed by atoms with Gasteiger partial charge in [0, 0.05) is 18.1 Å². The van der Waals surface area contributed by atoms with E-state index >= 15 is 0 Å². The van der Waals surface area contributed by atoms with Crippen molar-refractivity contribution < 1.29 is 14.3 Å². The number of amides is 2. The Morgan fingerprint density at radius 2 is 1.86 bits per heavy atom. The monoisotopic (exact) mass is 416 g/mol. The molecule has 0 aliphatic carbocycles. The molecule has 1 atom stereocenters. The molecule has 2 rings (SSSR count). The third kappa shape index (κ3) is 7.42. The summed E-state index contributed by atoms with van der Waals surface area (Å²) in [6.45, 7) is 4.78. The summed E-state index contributed by atoms with van der Waals surface area (Å²) in [6, 6.07) is 16.0. The molecule has 0 aliphatic rings. The van der Waals surface area contributed by atoms with E-state index in [2.05, 4.69) is 12.2 Å². The van der Waals surface area contributed by atoms with Crippen molar-refractivity contribution in [3.8, 4) is 5.75 Å². The van der Waals surface area contributed by atoms with Crippen LogP contribution in [-0.2, 0) is 16.1 Å². The Bertz CT molecular complexity index is 783. The number of benzene rings is 2. The molecule has 0 fully saturated rings. The fourth-order valence-corrected chi connectivity index (χ4v) is 3.17. The van der Waals surface area contributed by atoms with E-state index in [0.29, 0.717) is 30.3 Å². The third-order valence-electron chi connectivity index (χ3n) is 4.57. The van der Waals surface area contributed by atoms with Crippen LogP contribution in [0.5, 0.6) is 5.75 Å². The number of nitrogens with one attached hydrogen (secondary N) is 1. The average Bonchev–Trinajstić information content (AvgIpc) is 2.73. The molecule has 1 unspecified atom stereocenters. The number of hydrogen-bond donors (Lipinski definition) is 1. The SMILES string of the molecule is CCCCNC(=O)C(CC)N(Cc1ccccc1)C(=O)COc1cccc(Cl)c1. The van der Waals surface area contributed by atoms with Gasteiger partial charge in [-0.1, -0.05) is 68.3 Å². The minimum atomic E-state index is -0.553. The van der Waals surface area contributed by atoms with Crippen molar-refractivity contribution in [1.82, 2.24) is 10.2 Å². The zero-order valence-corrected chi connectivity index (χ0v) is 17.8. The zero-order chi connectivity index (χ0) is 21.1. The number of rotatable bonds is 11. The summed E-state index contributed by atoms with van der Waals surface area (Å²) >= 11 is 5.98. The van der Waals surface area contributed by atoms with Gasteiger partial charge >= 0.3 is 0 Å². The van der Waals surface area contributed by atoms with E-state index in [9.17, 15) is 9.59 Å². The summed E-state index contributed by atoms with van der Waals surface area (Å²) in [5.74, 6) is 0.144. The van der Waals surface area contributed by atoms with Crippen molar-refractivity contribution >= 4 is 23.4 Å². The Morgan fingerprint density at radius 1 is 1.10 bits per heavy atom. The van der Waals surface area contributed by atoms with Crippen LogP contribution in [0.1, 0.15) is 38.7 Å². The van der Waals surface area contributed by atoms with Crippen LogP contribution in [0.4, 0.5) is 0 Å². The first-order valence-corrected chi connectivity index (χ1v) is 10.4. The average molecular weight is 417 g/mol. The van der Waals surface area contributed by atoms with E-state index in [4.69, 9.17) is 16.3 Å². The van der Waals surface area contributed by atoms with Gasteiger partial charge in [-0.2, -0.15) is 0 Å². The number of nitrogens with zero attached hydrogens (tertiary/aromatic N) is 1. The van der Waals surface area contributed by atoms with Crippen LogP contribution in [0.25, 0.3) is 0 Å². The minimum absolute atomic E-state index is 0.131. The third-order valence-corrected chi connectivity index (χ3v) is 4.80. The van der Waals surface area contributed by atoms with E-state index in [-0.39, 0.29) is 18.4 Å². The van der Waals surface area contributed by atoms with Gasteiger partial charge in [0.1, 0.15) is 11.8 Å². The van der Waals surface area contributed by atoms with Crippen molar-refractivity contribution in [2.45, 2.75) is 45.7 Å². The van der Waals surface area contributed by atoms with Crippen molar-refractivity contribution in [2.75, 3.05) is 13.2 Å². The molecule has 0 heterocycles. The highest BCUT2D eigenvalue weighted by molar-refractivity contribution is 6.30. The van der Waals surface area contributed by atoms with Crippen LogP contribution in [0.15, 0.2) is 54.6 Å². The molecule has 2 amide bonds. The van der Waals surface area contributed by atoms with Crippen LogP contribution >= 0.6 is 11.6 Å². The molecule has 0 bridgehead atoms. The lowest BCUT2D eigenvalue weighted by Crippen LogP contribution is -2.50. The summed E-state index contributed by atoms with van der Waals surface area (Å²) in [4.78, 5) is 27.4. The molecule has 5 nitrogen and oxygen atoms in total. The quantitative estimate of drug-likeness (QED) is 0.551. The van der Waals surface area contributed by atoms with E-state index in [1.807, 2.05) is 37.3 Å². The maximum absolute atomic E-state index is 13.0. The fourth-order valence-electron chi connectivity index (χ4n) is 2.99. The van der Waals surface area contributed by atoms with Gasteiger partial charge in [0.2, 0.25) is 5.91 Å². The molecule has 6 heteroatoms. The molecule has 0 saturated heterocycles. The van der Waals surface area contributed by atoms with Crippen LogP contribution in [0.3, 0.4) is 0 Å². The first kappa shape index (κ1) is 22.8. The van der Waals surface area contributed by atoms with Gasteiger partial charge in [0.15, 0.2) is 6.61 Å². The lowest BCUT2D eigenvalue weighted by atomic mass is 10.1. The van der Waals surface area contributed by atoms with Crippen LogP contribution in [-0.4, -0.2) is 35.9 Å². The molecular weight excluding hydrogens is 388 g/mol. The Morgan fingerprint density at radius 3 is 2.52 bits per heavy atom. The fraction of sp³-hybridized carbons (Fsp3) is 0.391. The molecule has 1 N–H and O–H groups in total. The van der Waals surface area contributed by atoms with E-state index < -0.39 is 6.04 Å². The molecule has 0 aromatic heterocycles. The van der Waals surface area contributed by atoms with Crippen molar-refractivity contribution in [3.63, 3.8) is 0 Å². The Kier molecular flexibility index (Phi) is 9.51. The molecule has 2 aromatic carbocycles. The topological polar surface area (TPSA) is 58.6 Å². The highest BCUT2D eigenvalue weighted by atomic mass is 35.5. The largest absolute Gasteiger partial charge is 0.484 e. The maximum Gasteiger partial charge on any atom is 0.261 e. The first-order chi connectivity index (χ1) is 14.0. The summed E-state index contributed by atoms with van der Waals surface area (Å²) in [5, 5.41) is 3.49. The second kappa shape index (κ2) is 12.1. The summed E-state index contributed by atoms with van der Waals surface area (Å²) in [7, 11) is 0. The highest BCUT2D eigenvalue weighted by Crippen LogP contribution is 2.18. The second-order valence-electron chi connectivity index (χ2n) is 6.82. The standard InChI is InChI=1S/C23H29ClN2O3/c1-3-5-14-25-23(28)21(4-2)26(16-18-10-7-6-8-11-18)22(27)17-29-20-13-9-12-19(24)15-20/h6-13,15,21H,3-5,14,16-17H2,1-2H3,(H,25,28). The second-order valence-corrected chi connectivity index (χ2v) is 7.26. The molecule has 0 radical (unpaired) electrons. The van der Waals surface area contributed by atoms with Gasteiger partial charge in [-0.25, -0.2) is 0 Å². The van der Waals surface area contributed by atoms with Crippen LogP contribution in [0.2, 0.25) is 5.02 Å². The van der Waals surface area contributed by atoms with Crippen molar-refractivity contribution in [3.05, 3.63) is 65.2 Å². The number of unbranched alkanes of at least 4 members (excludes halogenated alkanes) is 1. The van der Waals surface area contributed by atoms with E-state index in [0.717, 1.165) is 18.4 Å². The van der Waals surface area contributed by atoms with Gasteiger partial charge < -0.3 is 15.0 Å². The molecule has 2 aromatic rings. The summed E-state index contributed by atoms with van der Waals surface area (Å²) < 4.78 is 5.63. The molecule has 0 aliphatic heterocycles. The van der Waals surface area contributed by atoms with Gasteiger partial charge in [-0.3, -0.25) is 9.59 Å². The predicted molar refractivity (Wildman–Crippen MR) is 116 cm³/mol. The Balaban J connectivity index is 2.13. The van der Waals surface area contributed by atoms with Gasteiger partial charge in [0.25, 0.3) is 5.91 Å². The van der Waals surface area contributed by atoms with Crippen molar-refractivity contribution in [1.29, 1.82) is 0 Å². The zero-order valence-electron chi connectivity index (χ0n) is 17.1. The first-order valence-electron chi connectivity index (χ1n) is 10.0. The number of carbonyl (C=O) groups excluding carboxylic acids is 2. The van der Waals surface area contributed by atoms with Crippen molar-refractivity contribution in [2.24, 2.45) is 0 Å². The van der Waals surface area contributed by atoms with Crippen LogP contribution < -0.4 is 10.1 Å². The minimum Gasteiger partial charge on any atom is -0.484 e. The molecule has 0 saturated carbocycles. The smallest absolute Gasteiger partial charge is 0.261 e. The molecular formula is C23H29ClN2O3. The maximum atomic E-state index is 13.0. The highest BCUT2D eigenvalue weighted by Gasteiger charge is 2.28. The van der Waals surface area contributed by atoms with E-state index in [1.54, 1.807) is 29.2 Å². The van der Waals surface area contributed by atoms with Gasteiger partial charge in [-0.15, -0.1) is 0 Å². The number of halogens is 1. The number of ether oxygens (including phenoxy) is 1. The Labute approximate surface area is 178 Å². The molecule has 0 spiro atoms.